The van der Waals surface area contributed by atoms with E-state index in [-0.39, 0.29) is 0 Å². The van der Waals surface area contributed by atoms with Crippen LogP contribution in [0.3, 0.4) is 0 Å². The van der Waals surface area contributed by atoms with Crippen LogP contribution in [0, 0.1) is 0 Å². The molecule has 0 aliphatic carbocycles. The van der Waals surface area contributed by atoms with Crippen LogP contribution in [0.15, 0.2) is 28.7 Å². The van der Waals surface area contributed by atoms with Crippen LogP contribution < -0.4 is 5.32 Å². The fourth-order valence-electron chi connectivity index (χ4n) is 1.88. The van der Waals surface area contributed by atoms with Gasteiger partial charge in [0, 0.05) is 16.8 Å². The Morgan fingerprint density at radius 3 is 2.95 bits per heavy atom. The van der Waals surface area contributed by atoms with E-state index >= 15 is 0 Å². The van der Waals surface area contributed by atoms with Crippen LogP contribution in [-0.2, 0) is 13.0 Å². The molecular weight excluding hydrogens is 306 g/mol. The van der Waals surface area contributed by atoms with Gasteiger partial charge < -0.3 is 5.32 Å². The molecule has 0 saturated carbocycles. The highest BCUT2D eigenvalue weighted by atomic mass is 32.2. The SMILES string of the molecule is CCc1ncc(CNc2ccc3nc(SC)sc3c2)s1. The number of thiazole rings is 2. The minimum Gasteiger partial charge on any atom is -0.380 e. The number of nitrogens with zero attached hydrogens (tertiary/aromatic N) is 2. The lowest BCUT2D eigenvalue weighted by atomic mass is 10.3. The lowest BCUT2D eigenvalue weighted by molar-refractivity contribution is 1.09. The van der Waals surface area contributed by atoms with Crippen LogP contribution in [0.1, 0.15) is 16.8 Å². The molecule has 104 valence electrons. The standard InChI is InChI=1S/C14H15N3S3/c1-3-13-16-8-10(19-13)7-15-9-4-5-11-12(6-9)20-14(17-11)18-2/h4-6,8,15H,3,7H2,1-2H3. The minimum atomic E-state index is 0.831. The molecule has 2 aromatic heterocycles. The highest BCUT2D eigenvalue weighted by Crippen LogP contribution is 2.30. The van der Waals surface area contributed by atoms with Crippen molar-refractivity contribution in [2.45, 2.75) is 24.2 Å². The number of aryl methyl sites for hydroxylation is 1. The van der Waals surface area contributed by atoms with Gasteiger partial charge in [-0.25, -0.2) is 9.97 Å². The predicted octanol–water partition coefficient (Wildman–Crippen LogP) is 4.65. The number of hydrogen-bond donors (Lipinski definition) is 1. The van der Waals surface area contributed by atoms with Gasteiger partial charge in [-0.2, -0.15) is 0 Å². The summed E-state index contributed by atoms with van der Waals surface area (Å²) in [6.45, 7) is 2.97. The number of nitrogens with one attached hydrogen (secondary N) is 1. The number of rotatable bonds is 5. The Balaban J connectivity index is 1.73. The second kappa shape index (κ2) is 6.11. The van der Waals surface area contributed by atoms with E-state index in [0.29, 0.717) is 0 Å². The molecule has 20 heavy (non-hydrogen) atoms. The van der Waals surface area contributed by atoms with Crippen molar-refractivity contribution >= 4 is 50.3 Å². The van der Waals surface area contributed by atoms with Crippen molar-refractivity contribution in [2.24, 2.45) is 0 Å². The lowest BCUT2D eigenvalue weighted by Gasteiger charge is -2.03. The zero-order chi connectivity index (χ0) is 13.9. The molecular formula is C14H15N3S3. The predicted molar refractivity (Wildman–Crippen MR) is 90.2 cm³/mol. The molecule has 0 radical (unpaired) electrons. The molecule has 0 unspecified atom stereocenters. The minimum absolute atomic E-state index is 0.831. The van der Waals surface area contributed by atoms with E-state index in [1.54, 1.807) is 34.4 Å². The summed E-state index contributed by atoms with van der Waals surface area (Å²) in [5, 5.41) is 4.66. The Hall–Kier alpha value is -1.11. The molecule has 2 heterocycles. The maximum atomic E-state index is 4.55. The number of hydrogen-bond acceptors (Lipinski definition) is 6. The van der Waals surface area contributed by atoms with Crippen LogP contribution in [0.25, 0.3) is 10.2 Å². The average molecular weight is 321 g/mol. The first-order valence-electron chi connectivity index (χ1n) is 6.40. The Labute approximate surface area is 130 Å². The van der Waals surface area contributed by atoms with E-state index in [9.17, 15) is 0 Å². The van der Waals surface area contributed by atoms with Gasteiger partial charge in [-0.05, 0) is 30.9 Å². The zero-order valence-electron chi connectivity index (χ0n) is 11.3. The molecule has 0 atom stereocenters. The molecule has 3 rings (SSSR count). The Kier molecular flexibility index (Phi) is 4.24. The summed E-state index contributed by atoms with van der Waals surface area (Å²) < 4.78 is 2.35. The van der Waals surface area contributed by atoms with Crippen LogP contribution in [0.5, 0.6) is 0 Å². The van der Waals surface area contributed by atoms with Crippen molar-refractivity contribution < 1.29 is 0 Å². The van der Waals surface area contributed by atoms with Crippen molar-refractivity contribution in [3.8, 4) is 0 Å². The summed E-state index contributed by atoms with van der Waals surface area (Å²) >= 11 is 5.22. The summed E-state index contributed by atoms with van der Waals surface area (Å²) in [5.74, 6) is 0. The third kappa shape index (κ3) is 2.97. The van der Waals surface area contributed by atoms with Gasteiger partial charge >= 0.3 is 0 Å². The fraction of sp³-hybridized carbons (Fsp3) is 0.286. The first-order chi connectivity index (χ1) is 9.78. The summed E-state index contributed by atoms with van der Waals surface area (Å²) in [6.07, 6.45) is 5.04. The molecule has 3 aromatic rings. The molecule has 0 bridgehead atoms. The molecule has 1 aromatic carbocycles. The van der Waals surface area contributed by atoms with E-state index in [2.05, 4.69) is 46.7 Å². The summed E-state index contributed by atoms with van der Waals surface area (Å²) in [6, 6.07) is 6.35. The van der Waals surface area contributed by atoms with E-state index in [1.165, 1.54) is 14.6 Å². The normalized spacial score (nSPS) is 11.1. The smallest absolute Gasteiger partial charge is 0.150 e. The molecule has 6 heteroatoms. The molecule has 0 saturated heterocycles. The molecule has 0 amide bonds. The van der Waals surface area contributed by atoms with Gasteiger partial charge in [-0.3, -0.25) is 0 Å². The van der Waals surface area contributed by atoms with E-state index in [1.807, 2.05) is 6.20 Å². The second-order valence-corrected chi connectivity index (χ2v) is 7.58. The van der Waals surface area contributed by atoms with Crippen molar-refractivity contribution in [3.05, 3.63) is 34.3 Å². The monoisotopic (exact) mass is 321 g/mol. The van der Waals surface area contributed by atoms with Gasteiger partial charge in [-0.15, -0.1) is 22.7 Å². The molecule has 0 spiro atoms. The Morgan fingerprint density at radius 2 is 2.20 bits per heavy atom. The quantitative estimate of drug-likeness (QED) is 0.694. The zero-order valence-corrected chi connectivity index (χ0v) is 13.8. The van der Waals surface area contributed by atoms with Crippen LogP contribution in [0.2, 0.25) is 0 Å². The molecule has 0 aliphatic heterocycles. The Bertz CT molecular complexity index is 717. The van der Waals surface area contributed by atoms with Crippen molar-refractivity contribution in [1.82, 2.24) is 9.97 Å². The van der Waals surface area contributed by atoms with E-state index < -0.39 is 0 Å². The van der Waals surface area contributed by atoms with Gasteiger partial charge in [0.25, 0.3) is 0 Å². The highest BCUT2D eigenvalue weighted by Gasteiger charge is 2.04. The maximum Gasteiger partial charge on any atom is 0.150 e. The molecule has 1 N–H and O–H groups in total. The average Bonchev–Trinajstić information content (AvgIpc) is 3.10. The third-order valence-corrected chi connectivity index (χ3v) is 6.06. The van der Waals surface area contributed by atoms with Crippen LogP contribution >= 0.6 is 34.4 Å². The summed E-state index contributed by atoms with van der Waals surface area (Å²) in [5.41, 5.74) is 2.22. The second-order valence-electron chi connectivity index (χ2n) is 4.29. The van der Waals surface area contributed by atoms with E-state index in [0.717, 1.165) is 28.5 Å². The maximum absolute atomic E-state index is 4.55. The van der Waals surface area contributed by atoms with Crippen molar-refractivity contribution in [3.63, 3.8) is 0 Å². The van der Waals surface area contributed by atoms with Gasteiger partial charge in [-0.1, -0.05) is 18.7 Å². The molecule has 0 fully saturated rings. The highest BCUT2D eigenvalue weighted by molar-refractivity contribution is 8.00. The summed E-state index contributed by atoms with van der Waals surface area (Å²) in [4.78, 5) is 10.2. The summed E-state index contributed by atoms with van der Waals surface area (Å²) in [7, 11) is 0. The third-order valence-electron chi connectivity index (χ3n) is 2.91. The van der Waals surface area contributed by atoms with Gasteiger partial charge in [0.2, 0.25) is 0 Å². The van der Waals surface area contributed by atoms with Gasteiger partial charge in [0.1, 0.15) is 0 Å². The first-order valence-corrected chi connectivity index (χ1v) is 9.26. The van der Waals surface area contributed by atoms with Crippen molar-refractivity contribution in [2.75, 3.05) is 11.6 Å². The molecule has 3 nitrogen and oxygen atoms in total. The molecule has 0 aliphatic rings. The van der Waals surface area contributed by atoms with Gasteiger partial charge in [0.05, 0.1) is 21.8 Å². The Morgan fingerprint density at radius 1 is 1.30 bits per heavy atom. The first kappa shape index (κ1) is 13.9. The lowest BCUT2D eigenvalue weighted by Crippen LogP contribution is -1.96. The fourth-order valence-corrected chi connectivity index (χ4v) is 4.21. The largest absolute Gasteiger partial charge is 0.380 e. The van der Waals surface area contributed by atoms with Crippen LogP contribution in [0.4, 0.5) is 5.69 Å². The number of benzene rings is 1. The van der Waals surface area contributed by atoms with Gasteiger partial charge in [0.15, 0.2) is 4.34 Å². The van der Waals surface area contributed by atoms with Crippen LogP contribution in [-0.4, -0.2) is 16.2 Å². The van der Waals surface area contributed by atoms with E-state index in [4.69, 9.17) is 0 Å². The number of fused-ring (bicyclic) bond motifs is 1. The number of thioether (sulfide) groups is 1. The topological polar surface area (TPSA) is 37.8 Å². The van der Waals surface area contributed by atoms with Crippen molar-refractivity contribution in [1.29, 1.82) is 0 Å². The number of anilines is 1. The number of aromatic nitrogens is 2.